The maximum Gasteiger partial charge on any atom is 0.240 e. The smallest absolute Gasteiger partial charge is 0.240 e. The van der Waals surface area contributed by atoms with Gasteiger partial charge in [0.15, 0.2) is 0 Å². The number of hydrazone groups is 1. The molecule has 0 aromatic heterocycles. The highest BCUT2D eigenvalue weighted by Gasteiger charge is 2.08. The number of nitrogens with zero attached hydrogens (tertiary/aromatic N) is 1. The average molecular weight is 480 g/mol. The van der Waals surface area contributed by atoms with Crippen molar-refractivity contribution in [2.75, 3.05) is 5.32 Å². The standard InChI is InChI=1S/C24H22BrN3O3/c25-21-8-4-5-9-22(21)27-23(29)14-15-24(30)28-26-16-18-10-12-20(13-11-18)31-17-19-6-2-1-3-7-19/h1-13,16H,14-15,17H2,(H,27,29)(H,28,30)/b26-16-. The molecule has 0 aliphatic rings. The molecule has 0 heterocycles. The molecule has 0 radical (unpaired) electrons. The molecule has 0 aliphatic carbocycles. The van der Waals surface area contributed by atoms with E-state index >= 15 is 0 Å². The fourth-order valence-electron chi connectivity index (χ4n) is 2.63. The van der Waals surface area contributed by atoms with Gasteiger partial charge in [0.25, 0.3) is 0 Å². The second-order valence-electron chi connectivity index (χ2n) is 6.66. The number of carbonyl (C=O) groups excluding carboxylic acids is 2. The number of hydrogen-bond donors (Lipinski definition) is 2. The Labute approximate surface area is 189 Å². The van der Waals surface area contributed by atoms with E-state index in [2.05, 4.69) is 31.8 Å². The van der Waals surface area contributed by atoms with E-state index in [1.807, 2.05) is 72.8 Å². The molecule has 2 amide bonds. The van der Waals surface area contributed by atoms with Crippen LogP contribution < -0.4 is 15.5 Å². The molecule has 31 heavy (non-hydrogen) atoms. The summed E-state index contributed by atoms with van der Waals surface area (Å²) in [5, 5.41) is 6.69. The minimum absolute atomic E-state index is 0.0416. The second kappa shape index (κ2) is 11.7. The summed E-state index contributed by atoms with van der Waals surface area (Å²) in [7, 11) is 0. The van der Waals surface area contributed by atoms with Crippen LogP contribution in [-0.2, 0) is 16.2 Å². The summed E-state index contributed by atoms with van der Waals surface area (Å²) in [4.78, 5) is 23.9. The number of rotatable bonds is 9. The molecular formula is C24H22BrN3O3. The first kappa shape index (κ1) is 22.2. The SMILES string of the molecule is O=C(CCC(=O)Nc1ccccc1Br)N/N=C\c1ccc(OCc2ccccc2)cc1. The predicted molar refractivity (Wildman–Crippen MR) is 125 cm³/mol. The summed E-state index contributed by atoms with van der Waals surface area (Å²) >= 11 is 3.36. The van der Waals surface area contributed by atoms with Gasteiger partial charge in [0.05, 0.1) is 11.9 Å². The number of nitrogens with one attached hydrogen (secondary N) is 2. The number of amides is 2. The van der Waals surface area contributed by atoms with Gasteiger partial charge in [0, 0.05) is 17.3 Å². The lowest BCUT2D eigenvalue weighted by Crippen LogP contribution is -2.20. The normalized spacial score (nSPS) is 10.6. The Morgan fingerprint density at radius 2 is 1.55 bits per heavy atom. The van der Waals surface area contributed by atoms with Gasteiger partial charge < -0.3 is 10.1 Å². The molecule has 0 unspecified atom stereocenters. The van der Waals surface area contributed by atoms with Crippen molar-refractivity contribution >= 4 is 39.6 Å². The zero-order chi connectivity index (χ0) is 21.9. The van der Waals surface area contributed by atoms with E-state index in [9.17, 15) is 9.59 Å². The molecule has 3 rings (SSSR count). The summed E-state index contributed by atoms with van der Waals surface area (Å²) in [6.07, 6.45) is 1.65. The van der Waals surface area contributed by atoms with Crippen LogP contribution >= 0.6 is 15.9 Å². The topological polar surface area (TPSA) is 79.8 Å². The lowest BCUT2D eigenvalue weighted by Gasteiger charge is -2.07. The van der Waals surface area contributed by atoms with Crippen LogP contribution in [0.1, 0.15) is 24.0 Å². The summed E-state index contributed by atoms with van der Waals surface area (Å²) in [6, 6.07) is 24.6. The van der Waals surface area contributed by atoms with Crippen LogP contribution in [0.5, 0.6) is 5.75 Å². The van der Waals surface area contributed by atoms with Crippen molar-refractivity contribution in [2.45, 2.75) is 19.4 Å². The largest absolute Gasteiger partial charge is 0.489 e. The molecule has 0 aliphatic heterocycles. The van der Waals surface area contributed by atoms with Gasteiger partial charge in [-0.25, -0.2) is 5.43 Å². The van der Waals surface area contributed by atoms with E-state index in [1.165, 1.54) is 0 Å². The fourth-order valence-corrected chi connectivity index (χ4v) is 3.01. The van der Waals surface area contributed by atoms with E-state index in [1.54, 1.807) is 12.3 Å². The Bertz CT molecular complexity index is 1040. The quantitative estimate of drug-likeness (QED) is 0.338. The van der Waals surface area contributed by atoms with Crippen molar-refractivity contribution in [1.82, 2.24) is 5.43 Å². The third-order valence-corrected chi connectivity index (χ3v) is 4.95. The number of para-hydroxylation sites is 1. The number of anilines is 1. The highest BCUT2D eigenvalue weighted by molar-refractivity contribution is 9.10. The molecule has 0 atom stereocenters. The fraction of sp³-hybridized carbons (Fsp3) is 0.125. The minimum atomic E-state index is -0.332. The number of halogens is 1. The number of benzene rings is 3. The summed E-state index contributed by atoms with van der Waals surface area (Å²) < 4.78 is 6.52. The molecule has 0 fully saturated rings. The zero-order valence-electron chi connectivity index (χ0n) is 16.8. The van der Waals surface area contributed by atoms with Gasteiger partial charge in [0.1, 0.15) is 12.4 Å². The Morgan fingerprint density at radius 1 is 0.871 bits per heavy atom. The van der Waals surface area contributed by atoms with Gasteiger partial charge in [-0.05, 0) is 63.5 Å². The van der Waals surface area contributed by atoms with Crippen molar-refractivity contribution in [3.63, 3.8) is 0 Å². The first-order chi connectivity index (χ1) is 15.1. The molecule has 3 aromatic carbocycles. The van der Waals surface area contributed by atoms with Gasteiger partial charge >= 0.3 is 0 Å². The van der Waals surface area contributed by atoms with E-state index in [0.717, 1.165) is 21.3 Å². The first-order valence-electron chi connectivity index (χ1n) is 9.73. The molecular weight excluding hydrogens is 458 g/mol. The van der Waals surface area contributed by atoms with Gasteiger partial charge in [-0.3, -0.25) is 9.59 Å². The molecule has 2 N–H and O–H groups in total. The van der Waals surface area contributed by atoms with Gasteiger partial charge in [-0.1, -0.05) is 42.5 Å². The van der Waals surface area contributed by atoms with Crippen molar-refractivity contribution in [2.24, 2.45) is 5.10 Å². The number of carbonyl (C=O) groups is 2. The molecule has 3 aromatic rings. The van der Waals surface area contributed by atoms with E-state index in [0.29, 0.717) is 12.3 Å². The Morgan fingerprint density at radius 3 is 2.29 bits per heavy atom. The van der Waals surface area contributed by atoms with Crippen LogP contribution in [0.3, 0.4) is 0 Å². The Kier molecular flexibility index (Phi) is 8.37. The number of hydrogen-bond acceptors (Lipinski definition) is 4. The van der Waals surface area contributed by atoms with Gasteiger partial charge in [0.2, 0.25) is 11.8 Å². The lowest BCUT2D eigenvalue weighted by molar-refractivity contribution is -0.124. The third kappa shape index (κ3) is 7.71. The van der Waals surface area contributed by atoms with Gasteiger partial charge in [-0.15, -0.1) is 0 Å². The summed E-state index contributed by atoms with van der Waals surface area (Å²) in [6.45, 7) is 0.499. The highest BCUT2D eigenvalue weighted by Crippen LogP contribution is 2.21. The minimum Gasteiger partial charge on any atom is -0.489 e. The summed E-state index contributed by atoms with van der Waals surface area (Å²) in [5.41, 5.74) is 5.02. The molecule has 0 spiro atoms. The maximum absolute atomic E-state index is 12.0. The Balaban J connectivity index is 1.38. The molecule has 0 saturated carbocycles. The third-order valence-electron chi connectivity index (χ3n) is 4.26. The predicted octanol–water partition coefficient (Wildman–Crippen LogP) is 4.90. The second-order valence-corrected chi connectivity index (χ2v) is 7.52. The zero-order valence-corrected chi connectivity index (χ0v) is 18.3. The number of ether oxygens (including phenoxy) is 1. The highest BCUT2D eigenvalue weighted by atomic mass is 79.9. The van der Waals surface area contributed by atoms with Crippen LogP contribution in [0, 0.1) is 0 Å². The van der Waals surface area contributed by atoms with Crippen LogP contribution in [0.25, 0.3) is 0 Å². The van der Waals surface area contributed by atoms with Crippen LogP contribution in [0.15, 0.2) is 88.4 Å². The molecule has 7 heteroatoms. The van der Waals surface area contributed by atoms with Crippen molar-refractivity contribution in [3.05, 3.63) is 94.5 Å². The van der Waals surface area contributed by atoms with Crippen LogP contribution in [0.2, 0.25) is 0 Å². The van der Waals surface area contributed by atoms with Gasteiger partial charge in [-0.2, -0.15) is 5.10 Å². The van der Waals surface area contributed by atoms with E-state index < -0.39 is 0 Å². The lowest BCUT2D eigenvalue weighted by atomic mass is 10.2. The van der Waals surface area contributed by atoms with Crippen LogP contribution in [-0.4, -0.2) is 18.0 Å². The monoisotopic (exact) mass is 479 g/mol. The molecule has 6 nitrogen and oxygen atoms in total. The summed E-state index contributed by atoms with van der Waals surface area (Å²) in [5.74, 6) is 0.180. The van der Waals surface area contributed by atoms with Crippen molar-refractivity contribution in [1.29, 1.82) is 0 Å². The first-order valence-corrected chi connectivity index (χ1v) is 10.5. The van der Waals surface area contributed by atoms with E-state index in [-0.39, 0.29) is 24.7 Å². The maximum atomic E-state index is 12.0. The van der Waals surface area contributed by atoms with Crippen molar-refractivity contribution < 1.29 is 14.3 Å². The molecule has 0 bridgehead atoms. The van der Waals surface area contributed by atoms with Crippen molar-refractivity contribution in [3.8, 4) is 5.75 Å². The Hall–Kier alpha value is -3.45. The molecule has 0 saturated heterocycles. The van der Waals surface area contributed by atoms with Crippen LogP contribution in [0.4, 0.5) is 5.69 Å². The molecule has 158 valence electrons. The average Bonchev–Trinajstić information content (AvgIpc) is 2.79. The van der Waals surface area contributed by atoms with E-state index in [4.69, 9.17) is 4.74 Å².